The normalized spacial score (nSPS) is 30.6. The molecular formula is C21H25N5S2. The molecule has 0 bridgehead atoms. The maximum absolute atomic E-state index is 10.7. The number of nitrogens with two attached hydrogens (primary N) is 1. The third-order valence-electron chi connectivity index (χ3n) is 5.81. The smallest absolute Gasteiger partial charge is 0.178 e. The molecule has 0 amide bonds. The van der Waals surface area contributed by atoms with Crippen molar-refractivity contribution in [3.05, 3.63) is 47.2 Å². The Balaban J connectivity index is 2.42. The molecule has 28 heavy (non-hydrogen) atoms. The molecule has 5 nitrogen and oxygen atoms in total. The van der Waals surface area contributed by atoms with E-state index in [0.29, 0.717) is 0 Å². The number of rotatable bonds is 5. The topological polar surface area (TPSA) is 98.0 Å². The quantitative estimate of drug-likeness (QED) is 0.706. The van der Waals surface area contributed by atoms with Gasteiger partial charge in [-0.1, -0.05) is 44.2 Å². The Hall–Kier alpha value is -2.09. The molecular weight excluding hydrogens is 386 g/mol. The van der Waals surface area contributed by atoms with E-state index in [-0.39, 0.29) is 5.84 Å². The number of hydrogen-bond donors (Lipinski definition) is 2. The zero-order valence-electron chi connectivity index (χ0n) is 16.6. The summed E-state index contributed by atoms with van der Waals surface area (Å²) < 4.78 is -0.856. The van der Waals surface area contributed by atoms with Gasteiger partial charge in [0.1, 0.15) is 5.84 Å². The molecule has 1 aromatic rings. The third-order valence-corrected chi connectivity index (χ3v) is 8.67. The highest BCUT2D eigenvalue weighted by Crippen LogP contribution is 2.71. The van der Waals surface area contributed by atoms with E-state index in [4.69, 9.17) is 10.7 Å². The van der Waals surface area contributed by atoms with Crippen LogP contribution in [-0.4, -0.2) is 21.5 Å². The summed E-state index contributed by atoms with van der Waals surface area (Å²) in [5, 5.41) is 24.8. The molecule has 7 heteroatoms. The van der Waals surface area contributed by atoms with Gasteiger partial charge in [-0.25, -0.2) is 4.99 Å². The minimum absolute atomic E-state index is 0.242. The SMILES string of the molecule is CCSC1(SCC)N=C(N)[C@]2(C#N)[C@H](c3ccccc3)NC(C)=C(C)[C@]12C#N. The van der Waals surface area contributed by atoms with Gasteiger partial charge in [-0.15, -0.1) is 23.5 Å². The first-order chi connectivity index (χ1) is 13.4. The van der Waals surface area contributed by atoms with Crippen molar-refractivity contribution in [3.8, 4) is 12.1 Å². The number of thioether (sulfide) groups is 2. The minimum atomic E-state index is -1.29. The van der Waals surface area contributed by atoms with Gasteiger partial charge in [0.2, 0.25) is 0 Å². The number of benzene rings is 1. The van der Waals surface area contributed by atoms with Gasteiger partial charge < -0.3 is 11.1 Å². The monoisotopic (exact) mass is 411 g/mol. The van der Waals surface area contributed by atoms with E-state index in [1.807, 2.05) is 58.0 Å². The number of nitriles is 2. The molecule has 3 atom stereocenters. The molecule has 0 aromatic heterocycles. The fraction of sp³-hybridized carbons (Fsp3) is 0.476. The zero-order valence-corrected chi connectivity index (χ0v) is 18.2. The number of allylic oxidation sites excluding steroid dienone is 1. The van der Waals surface area contributed by atoms with Crippen LogP contribution in [0.15, 0.2) is 46.6 Å². The molecule has 0 saturated carbocycles. The number of amidine groups is 1. The van der Waals surface area contributed by atoms with Crippen LogP contribution in [0, 0.1) is 33.5 Å². The lowest BCUT2D eigenvalue weighted by molar-refractivity contribution is 0.200. The summed E-state index contributed by atoms with van der Waals surface area (Å²) in [6, 6.07) is 14.4. The lowest BCUT2D eigenvalue weighted by Crippen LogP contribution is -2.61. The Morgan fingerprint density at radius 1 is 1.11 bits per heavy atom. The number of hydrogen-bond acceptors (Lipinski definition) is 7. The summed E-state index contributed by atoms with van der Waals surface area (Å²) in [7, 11) is 0. The Bertz CT molecular complexity index is 905. The van der Waals surface area contributed by atoms with Crippen LogP contribution in [0.2, 0.25) is 0 Å². The number of aliphatic imine (C=N–C) groups is 1. The predicted octanol–water partition coefficient (Wildman–Crippen LogP) is 4.18. The molecule has 0 radical (unpaired) electrons. The Morgan fingerprint density at radius 2 is 1.71 bits per heavy atom. The van der Waals surface area contributed by atoms with Gasteiger partial charge in [0.25, 0.3) is 0 Å². The molecule has 0 fully saturated rings. The van der Waals surface area contributed by atoms with E-state index in [1.54, 1.807) is 23.5 Å². The molecule has 0 unspecified atom stereocenters. The molecule has 0 saturated heterocycles. The molecule has 2 aliphatic rings. The van der Waals surface area contributed by atoms with Crippen LogP contribution in [-0.2, 0) is 0 Å². The molecule has 3 N–H and O–H groups in total. The van der Waals surface area contributed by atoms with E-state index in [0.717, 1.165) is 28.3 Å². The van der Waals surface area contributed by atoms with Crippen LogP contribution in [0.25, 0.3) is 0 Å². The van der Waals surface area contributed by atoms with E-state index >= 15 is 0 Å². The first kappa shape index (κ1) is 20.6. The second-order valence-corrected chi connectivity index (χ2v) is 10.1. The summed E-state index contributed by atoms with van der Waals surface area (Å²) >= 11 is 3.20. The number of nitrogens with zero attached hydrogens (tertiary/aromatic N) is 3. The fourth-order valence-corrected chi connectivity index (χ4v) is 7.83. The molecule has 0 aliphatic carbocycles. The Morgan fingerprint density at radius 3 is 2.21 bits per heavy atom. The lowest BCUT2D eigenvalue weighted by atomic mass is 9.55. The van der Waals surface area contributed by atoms with Crippen LogP contribution < -0.4 is 11.1 Å². The zero-order chi connectivity index (χ0) is 20.6. The van der Waals surface area contributed by atoms with Crippen LogP contribution in [0.5, 0.6) is 0 Å². The van der Waals surface area contributed by atoms with Crippen molar-refractivity contribution >= 4 is 29.4 Å². The van der Waals surface area contributed by atoms with E-state index in [2.05, 4.69) is 17.5 Å². The van der Waals surface area contributed by atoms with Crippen molar-refractivity contribution in [2.45, 2.75) is 37.9 Å². The minimum Gasteiger partial charge on any atom is -0.386 e. The molecule has 3 rings (SSSR count). The van der Waals surface area contributed by atoms with Gasteiger partial charge in [-0.2, -0.15) is 10.5 Å². The largest absolute Gasteiger partial charge is 0.386 e. The molecule has 0 spiro atoms. The van der Waals surface area contributed by atoms with E-state index in [1.165, 1.54) is 0 Å². The van der Waals surface area contributed by atoms with Crippen molar-refractivity contribution < 1.29 is 0 Å². The second-order valence-electron chi connectivity index (χ2n) is 6.96. The number of nitrogens with one attached hydrogen (secondary N) is 1. The van der Waals surface area contributed by atoms with Crippen LogP contribution >= 0.6 is 23.5 Å². The average molecular weight is 412 g/mol. The molecule has 2 aliphatic heterocycles. The molecule has 2 heterocycles. The predicted molar refractivity (Wildman–Crippen MR) is 117 cm³/mol. The van der Waals surface area contributed by atoms with Crippen molar-refractivity contribution in [1.29, 1.82) is 10.5 Å². The highest BCUT2D eigenvalue weighted by Gasteiger charge is 2.76. The lowest BCUT2D eigenvalue weighted by Gasteiger charge is -2.52. The maximum atomic E-state index is 10.7. The van der Waals surface area contributed by atoms with Gasteiger partial charge in [0.15, 0.2) is 15.0 Å². The Labute approximate surface area is 175 Å². The summed E-state index contributed by atoms with van der Waals surface area (Å²) in [6.07, 6.45) is 0. The average Bonchev–Trinajstić information content (AvgIpc) is 2.91. The number of fused-ring (bicyclic) bond motifs is 1. The van der Waals surface area contributed by atoms with Crippen molar-refractivity contribution in [2.75, 3.05) is 11.5 Å². The third kappa shape index (κ3) is 2.36. The fourth-order valence-electron chi connectivity index (χ4n) is 4.52. The van der Waals surface area contributed by atoms with Crippen molar-refractivity contribution in [1.82, 2.24) is 5.32 Å². The van der Waals surface area contributed by atoms with Gasteiger partial charge >= 0.3 is 0 Å². The maximum Gasteiger partial charge on any atom is 0.178 e. The van der Waals surface area contributed by atoms with Crippen molar-refractivity contribution in [2.24, 2.45) is 21.6 Å². The molecule has 146 valence electrons. The van der Waals surface area contributed by atoms with Gasteiger partial charge in [-0.3, -0.25) is 0 Å². The summed E-state index contributed by atoms with van der Waals surface area (Å²) in [5.41, 5.74) is 6.76. The first-order valence-electron chi connectivity index (χ1n) is 9.36. The van der Waals surface area contributed by atoms with Crippen LogP contribution in [0.3, 0.4) is 0 Å². The summed E-state index contributed by atoms with van der Waals surface area (Å²) in [5.74, 6) is 1.78. The van der Waals surface area contributed by atoms with Crippen molar-refractivity contribution in [3.63, 3.8) is 0 Å². The first-order valence-corrected chi connectivity index (χ1v) is 11.3. The summed E-state index contributed by atoms with van der Waals surface area (Å²) in [6.45, 7) is 8.01. The second kappa shape index (κ2) is 7.39. The van der Waals surface area contributed by atoms with Crippen LogP contribution in [0.1, 0.15) is 39.3 Å². The Kier molecular flexibility index (Phi) is 5.44. The standard InChI is InChI=1S/C21H25N5S2/c1-5-27-21(28-6-2)20(13-23)14(3)15(4)25-17(16-10-8-7-9-11-16)19(20,12-22)18(24)26-21/h7-11,17,25H,5-6H2,1-4H3,(H2,24,26)/t17-,19-,20-/m0/s1. The molecule has 1 aromatic carbocycles. The summed E-state index contributed by atoms with van der Waals surface area (Å²) in [4.78, 5) is 4.89. The van der Waals surface area contributed by atoms with Gasteiger partial charge in [0, 0.05) is 5.70 Å². The van der Waals surface area contributed by atoms with Gasteiger partial charge in [-0.05, 0) is 36.5 Å². The highest BCUT2D eigenvalue weighted by molar-refractivity contribution is 8.18. The van der Waals surface area contributed by atoms with Gasteiger partial charge in [0.05, 0.1) is 18.2 Å². The van der Waals surface area contributed by atoms with E-state index < -0.39 is 21.1 Å². The van der Waals surface area contributed by atoms with E-state index in [9.17, 15) is 10.5 Å². The highest BCUT2D eigenvalue weighted by atomic mass is 32.2. The van der Waals surface area contributed by atoms with Crippen LogP contribution in [0.4, 0.5) is 0 Å².